The molecule has 2 heterocycles. The largest absolute Gasteiger partial charge is 0.423 e. The maximum Gasteiger partial charge on any atom is 0.343 e. The van der Waals surface area contributed by atoms with E-state index in [-0.39, 0.29) is 5.97 Å². The van der Waals surface area contributed by atoms with Crippen molar-refractivity contribution in [2.75, 3.05) is 32.8 Å². The standard InChI is InChI=1S/C20H25N2O3/c1-16-13-17(2)15-19(14-16)25-20(23)18-3-5-21(6-4-18)7-8-22-9-11-24-12-10-22/h3-6,13-15H,7-12H2,1-2H3/q+1/p+1. The number of aromatic nitrogens is 1. The molecule has 0 radical (unpaired) electrons. The van der Waals surface area contributed by atoms with Crippen LogP contribution < -0.4 is 14.2 Å². The van der Waals surface area contributed by atoms with Crippen molar-refractivity contribution in [1.82, 2.24) is 0 Å². The van der Waals surface area contributed by atoms with Crippen molar-refractivity contribution in [3.63, 3.8) is 0 Å². The summed E-state index contributed by atoms with van der Waals surface area (Å²) in [4.78, 5) is 13.9. The monoisotopic (exact) mass is 342 g/mol. The Hall–Kier alpha value is -2.24. The van der Waals surface area contributed by atoms with Crippen molar-refractivity contribution in [1.29, 1.82) is 0 Å². The van der Waals surface area contributed by atoms with E-state index in [4.69, 9.17) is 9.47 Å². The van der Waals surface area contributed by atoms with E-state index < -0.39 is 0 Å². The normalized spacial score (nSPS) is 15.1. The highest BCUT2D eigenvalue weighted by atomic mass is 16.5. The lowest BCUT2D eigenvalue weighted by Crippen LogP contribution is -3.14. The Kier molecular flexibility index (Phi) is 5.79. The van der Waals surface area contributed by atoms with Gasteiger partial charge in [-0.25, -0.2) is 4.79 Å². The predicted octanol–water partition coefficient (Wildman–Crippen LogP) is 0.725. The third-order valence-corrected chi connectivity index (χ3v) is 4.46. The topological polar surface area (TPSA) is 43.8 Å². The van der Waals surface area contributed by atoms with Gasteiger partial charge in [-0.2, -0.15) is 4.57 Å². The highest BCUT2D eigenvalue weighted by Crippen LogP contribution is 2.17. The summed E-state index contributed by atoms with van der Waals surface area (Å²) in [5.41, 5.74) is 2.73. The molecule has 5 nitrogen and oxygen atoms in total. The molecule has 0 aliphatic carbocycles. The summed E-state index contributed by atoms with van der Waals surface area (Å²) in [6.45, 7) is 9.83. The van der Waals surface area contributed by atoms with Gasteiger partial charge in [0.15, 0.2) is 18.9 Å². The number of rotatable bonds is 5. The number of pyridine rings is 1. The van der Waals surface area contributed by atoms with Crippen LogP contribution in [0.5, 0.6) is 5.75 Å². The van der Waals surface area contributed by atoms with E-state index in [0.29, 0.717) is 11.3 Å². The van der Waals surface area contributed by atoms with Gasteiger partial charge in [0.1, 0.15) is 25.4 Å². The lowest BCUT2D eigenvalue weighted by atomic mass is 10.1. The lowest BCUT2D eigenvalue weighted by Gasteiger charge is -2.22. The molecule has 0 spiro atoms. The SMILES string of the molecule is Cc1cc(C)cc(OC(=O)c2cc[n+](CC[NH+]3CCOCC3)cc2)c1. The molecule has 1 N–H and O–H groups in total. The van der Waals surface area contributed by atoms with Gasteiger partial charge < -0.3 is 14.4 Å². The van der Waals surface area contributed by atoms with E-state index in [9.17, 15) is 4.79 Å². The number of ether oxygens (including phenoxy) is 2. The molecule has 132 valence electrons. The summed E-state index contributed by atoms with van der Waals surface area (Å²) in [6, 6.07) is 9.44. The van der Waals surface area contributed by atoms with E-state index in [1.54, 1.807) is 4.90 Å². The average molecular weight is 342 g/mol. The van der Waals surface area contributed by atoms with E-state index in [1.165, 1.54) is 0 Å². The Bertz CT molecular complexity index is 702. The molecule has 5 heteroatoms. The number of benzene rings is 1. The van der Waals surface area contributed by atoms with Crippen molar-refractivity contribution in [3.05, 3.63) is 59.4 Å². The van der Waals surface area contributed by atoms with E-state index >= 15 is 0 Å². The number of carbonyl (C=O) groups excluding carboxylic acids is 1. The summed E-state index contributed by atoms with van der Waals surface area (Å²) >= 11 is 0. The maximum atomic E-state index is 12.3. The second kappa shape index (κ2) is 8.23. The minimum Gasteiger partial charge on any atom is -0.423 e. The van der Waals surface area contributed by atoms with Gasteiger partial charge in [-0.1, -0.05) is 6.07 Å². The second-order valence-corrected chi connectivity index (χ2v) is 6.65. The van der Waals surface area contributed by atoms with Crippen molar-refractivity contribution in [2.45, 2.75) is 20.4 Å². The molecule has 1 aromatic heterocycles. The molecule has 1 aliphatic rings. The first-order valence-corrected chi connectivity index (χ1v) is 8.81. The molecule has 0 bridgehead atoms. The summed E-state index contributed by atoms with van der Waals surface area (Å²) in [5, 5.41) is 0. The maximum absolute atomic E-state index is 12.3. The van der Waals surface area contributed by atoms with Crippen molar-refractivity contribution in [2.24, 2.45) is 0 Å². The van der Waals surface area contributed by atoms with Crippen LogP contribution >= 0.6 is 0 Å². The average Bonchev–Trinajstić information content (AvgIpc) is 2.60. The highest BCUT2D eigenvalue weighted by Gasteiger charge is 2.16. The van der Waals surface area contributed by atoms with Crippen LogP contribution in [0, 0.1) is 13.8 Å². The fourth-order valence-corrected chi connectivity index (χ4v) is 3.10. The van der Waals surface area contributed by atoms with Gasteiger partial charge in [-0.05, 0) is 37.1 Å². The Balaban J connectivity index is 1.56. The van der Waals surface area contributed by atoms with Gasteiger partial charge in [0.05, 0.1) is 18.8 Å². The van der Waals surface area contributed by atoms with Gasteiger partial charge >= 0.3 is 5.97 Å². The van der Waals surface area contributed by atoms with Gasteiger partial charge in [0, 0.05) is 12.1 Å². The van der Waals surface area contributed by atoms with E-state index in [0.717, 1.165) is 50.5 Å². The summed E-state index contributed by atoms with van der Waals surface area (Å²) < 4.78 is 13.0. The van der Waals surface area contributed by atoms with Crippen LogP contribution in [-0.4, -0.2) is 38.8 Å². The first-order valence-electron chi connectivity index (χ1n) is 8.81. The highest BCUT2D eigenvalue weighted by molar-refractivity contribution is 5.90. The van der Waals surface area contributed by atoms with Crippen molar-refractivity contribution >= 4 is 5.97 Å². The molecular weight excluding hydrogens is 316 g/mol. The molecule has 1 saturated heterocycles. The summed E-state index contributed by atoms with van der Waals surface area (Å²) in [5.74, 6) is 0.270. The van der Waals surface area contributed by atoms with Gasteiger partial charge in [0.25, 0.3) is 0 Å². The first-order chi connectivity index (χ1) is 12.1. The number of morpholine rings is 1. The van der Waals surface area contributed by atoms with E-state index in [1.807, 2.05) is 50.5 Å². The Morgan fingerprint density at radius 3 is 2.40 bits per heavy atom. The number of hydrogen-bond acceptors (Lipinski definition) is 3. The van der Waals surface area contributed by atoms with Crippen LogP contribution in [0.2, 0.25) is 0 Å². The smallest absolute Gasteiger partial charge is 0.343 e. The molecule has 2 aromatic rings. The third-order valence-electron chi connectivity index (χ3n) is 4.46. The number of quaternary nitrogens is 1. The number of carbonyl (C=O) groups is 1. The van der Waals surface area contributed by atoms with Crippen LogP contribution in [0.4, 0.5) is 0 Å². The fourth-order valence-electron chi connectivity index (χ4n) is 3.10. The van der Waals surface area contributed by atoms with Crippen LogP contribution in [0.15, 0.2) is 42.7 Å². The molecule has 1 aliphatic heterocycles. The zero-order valence-corrected chi connectivity index (χ0v) is 15.0. The molecular formula is C20H26N2O3+2. The Labute approximate surface area is 148 Å². The number of aryl methyl sites for hydroxylation is 2. The fraction of sp³-hybridized carbons (Fsp3) is 0.400. The molecule has 0 atom stereocenters. The number of nitrogens with zero attached hydrogens (tertiary/aromatic N) is 1. The van der Waals surface area contributed by atoms with Crippen LogP contribution in [-0.2, 0) is 11.3 Å². The quantitative estimate of drug-likeness (QED) is 0.495. The predicted molar refractivity (Wildman–Crippen MR) is 93.9 cm³/mol. The summed E-state index contributed by atoms with van der Waals surface area (Å²) in [7, 11) is 0. The van der Waals surface area contributed by atoms with Crippen LogP contribution in [0.25, 0.3) is 0 Å². The Morgan fingerprint density at radius 1 is 1.12 bits per heavy atom. The number of esters is 1. The molecule has 1 fully saturated rings. The van der Waals surface area contributed by atoms with Crippen LogP contribution in [0.3, 0.4) is 0 Å². The molecule has 3 rings (SSSR count). The van der Waals surface area contributed by atoms with Gasteiger partial charge in [-0.15, -0.1) is 0 Å². The molecule has 0 saturated carbocycles. The number of hydrogen-bond donors (Lipinski definition) is 1. The zero-order chi connectivity index (χ0) is 17.6. The van der Waals surface area contributed by atoms with Gasteiger partial charge in [0.2, 0.25) is 0 Å². The minimum atomic E-state index is -0.323. The minimum absolute atomic E-state index is 0.323. The first kappa shape index (κ1) is 17.6. The molecule has 0 amide bonds. The van der Waals surface area contributed by atoms with E-state index in [2.05, 4.69) is 10.6 Å². The molecule has 1 aromatic carbocycles. The Morgan fingerprint density at radius 2 is 1.76 bits per heavy atom. The van der Waals surface area contributed by atoms with Gasteiger partial charge in [-0.3, -0.25) is 0 Å². The zero-order valence-electron chi connectivity index (χ0n) is 15.0. The summed E-state index contributed by atoms with van der Waals surface area (Å²) in [6.07, 6.45) is 3.88. The molecule has 25 heavy (non-hydrogen) atoms. The third kappa shape index (κ3) is 5.11. The second-order valence-electron chi connectivity index (χ2n) is 6.65. The molecule has 0 unspecified atom stereocenters. The van der Waals surface area contributed by atoms with Crippen molar-refractivity contribution < 1.29 is 23.7 Å². The number of nitrogens with one attached hydrogen (secondary N) is 1. The van der Waals surface area contributed by atoms with Crippen LogP contribution in [0.1, 0.15) is 21.5 Å². The lowest BCUT2D eigenvalue weighted by molar-refractivity contribution is -0.926. The van der Waals surface area contributed by atoms with Crippen molar-refractivity contribution in [3.8, 4) is 5.75 Å².